The summed E-state index contributed by atoms with van der Waals surface area (Å²) in [5, 5.41) is 3.12. The number of hydrogen-bond acceptors (Lipinski definition) is 5. The predicted octanol–water partition coefficient (Wildman–Crippen LogP) is 2.32. The van der Waals surface area contributed by atoms with Crippen molar-refractivity contribution >= 4 is 27.5 Å². The highest BCUT2D eigenvalue weighted by Crippen LogP contribution is 2.24. The van der Waals surface area contributed by atoms with E-state index in [1.807, 2.05) is 24.0 Å². The molecule has 34 heavy (non-hydrogen) atoms. The molecule has 0 radical (unpaired) electrons. The molecule has 2 aromatic rings. The van der Waals surface area contributed by atoms with Crippen LogP contribution in [0, 0.1) is 12.7 Å². The number of nitrogens with zero attached hydrogens (tertiary/aromatic N) is 3. The maximum absolute atomic E-state index is 13.5. The molecule has 1 N–H and O–H groups in total. The second kappa shape index (κ2) is 10.1. The van der Waals surface area contributed by atoms with Crippen LogP contribution in [-0.2, 0) is 14.8 Å². The molecule has 2 amide bonds. The minimum atomic E-state index is -3.82. The Labute approximate surface area is 199 Å². The summed E-state index contributed by atoms with van der Waals surface area (Å²) in [5.74, 6) is -0.815. The molecule has 2 aromatic carbocycles. The van der Waals surface area contributed by atoms with Crippen LogP contribution in [0.1, 0.15) is 28.8 Å². The van der Waals surface area contributed by atoms with Crippen molar-refractivity contribution in [2.75, 3.05) is 51.1 Å². The number of rotatable bonds is 6. The van der Waals surface area contributed by atoms with Crippen molar-refractivity contribution in [3.63, 3.8) is 0 Å². The van der Waals surface area contributed by atoms with Crippen molar-refractivity contribution in [2.45, 2.75) is 24.7 Å². The first-order valence-electron chi connectivity index (χ1n) is 11.4. The van der Waals surface area contributed by atoms with Gasteiger partial charge in [-0.25, -0.2) is 12.8 Å². The summed E-state index contributed by atoms with van der Waals surface area (Å²) in [6.45, 7) is 4.12. The summed E-state index contributed by atoms with van der Waals surface area (Å²) in [5.41, 5.74) is 2.06. The van der Waals surface area contributed by atoms with Gasteiger partial charge >= 0.3 is 0 Å². The number of anilines is 1. The molecule has 2 aliphatic rings. The SMILES string of the molecule is Cc1cccc(NCC(=O)N2CCN(S(=O)(=O)c3cccc(F)c3)CC2)c1C(=O)N1CCCC1. The zero-order valence-corrected chi connectivity index (χ0v) is 20.0. The van der Waals surface area contributed by atoms with E-state index < -0.39 is 15.8 Å². The summed E-state index contributed by atoms with van der Waals surface area (Å²) in [6, 6.07) is 10.5. The molecule has 10 heteroatoms. The first kappa shape index (κ1) is 24.2. The fourth-order valence-corrected chi connectivity index (χ4v) is 5.87. The van der Waals surface area contributed by atoms with E-state index in [0.717, 1.165) is 37.6 Å². The van der Waals surface area contributed by atoms with Gasteiger partial charge in [-0.05, 0) is 49.6 Å². The van der Waals surface area contributed by atoms with Gasteiger partial charge in [0.25, 0.3) is 5.91 Å². The lowest BCUT2D eigenvalue weighted by atomic mass is 10.0. The van der Waals surface area contributed by atoms with E-state index in [0.29, 0.717) is 11.3 Å². The van der Waals surface area contributed by atoms with E-state index in [-0.39, 0.29) is 49.4 Å². The molecule has 0 bridgehead atoms. The smallest absolute Gasteiger partial charge is 0.256 e. The van der Waals surface area contributed by atoms with Crippen LogP contribution in [0.3, 0.4) is 0 Å². The molecule has 2 saturated heterocycles. The van der Waals surface area contributed by atoms with Crippen molar-refractivity contribution in [1.82, 2.24) is 14.1 Å². The second-order valence-electron chi connectivity index (χ2n) is 8.59. The van der Waals surface area contributed by atoms with Crippen molar-refractivity contribution in [1.29, 1.82) is 0 Å². The number of sulfonamides is 1. The van der Waals surface area contributed by atoms with Crippen molar-refractivity contribution < 1.29 is 22.4 Å². The van der Waals surface area contributed by atoms with Crippen molar-refractivity contribution in [2.24, 2.45) is 0 Å². The quantitative estimate of drug-likeness (QED) is 0.674. The minimum Gasteiger partial charge on any atom is -0.375 e. The number of amides is 2. The number of hydrogen-bond donors (Lipinski definition) is 1. The van der Waals surface area contributed by atoms with E-state index in [2.05, 4.69) is 5.32 Å². The molecular formula is C24H29FN4O4S. The Balaban J connectivity index is 1.36. The van der Waals surface area contributed by atoms with Gasteiger partial charge in [0.2, 0.25) is 15.9 Å². The summed E-state index contributed by atoms with van der Waals surface area (Å²) in [4.78, 5) is 29.2. The van der Waals surface area contributed by atoms with Crippen LogP contribution in [0.25, 0.3) is 0 Å². The predicted molar refractivity (Wildman–Crippen MR) is 127 cm³/mol. The van der Waals surface area contributed by atoms with Gasteiger partial charge in [0, 0.05) is 45.0 Å². The van der Waals surface area contributed by atoms with Gasteiger partial charge in [-0.2, -0.15) is 4.31 Å². The second-order valence-corrected chi connectivity index (χ2v) is 10.5. The van der Waals surface area contributed by atoms with Gasteiger partial charge in [0.1, 0.15) is 5.82 Å². The van der Waals surface area contributed by atoms with Gasteiger partial charge in [0.15, 0.2) is 0 Å². The summed E-state index contributed by atoms with van der Waals surface area (Å²) < 4.78 is 40.3. The number of likely N-dealkylation sites (tertiary alicyclic amines) is 1. The van der Waals surface area contributed by atoms with Crippen molar-refractivity contribution in [3.05, 3.63) is 59.4 Å². The Morgan fingerprint density at radius 2 is 1.62 bits per heavy atom. The molecule has 2 aliphatic heterocycles. The number of halogens is 1. The Morgan fingerprint density at radius 3 is 2.29 bits per heavy atom. The fourth-order valence-electron chi connectivity index (χ4n) is 4.41. The average Bonchev–Trinajstić information content (AvgIpc) is 3.37. The lowest BCUT2D eigenvalue weighted by Crippen LogP contribution is -2.51. The fraction of sp³-hybridized carbons (Fsp3) is 0.417. The molecule has 0 atom stereocenters. The van der Waals surface area contributed by atoms with Crippen LogP contribution >= 0.6 is 0 Å². The van der Waals surface area contributed by atoms with Gasteiger partial charge in [0.05, 0.1) is 17.0 Å². The van der Waals surface area contributed by atoms with Crippen LogP contribution in [0.5, 0.6) is 0 Å². The lowest BCUT2D eigenvalue weighted by Gasteiger charge is -2.34. The van der Waals surface area contributed by atoms with Gasteiger partial charge in [-0.1, -0.05) is 18.2 Å². The highest BCUT2D eigenvalue weighted by molar-refractivity contribution is 7.89. The molecule has 4 rings (SSSR count). The third kappa shape index (κ3) is 5.07. The monoisotopic (exact) mass is 488 g/mol. The van der Waals surface area contributed by atoms with Crippen LogP contribution in [0.15, 0.2) is 47.4 Å². The summed E-state index contributed by atoms with van der Waals surface area (Å²) >= 11 is 0. The van der Waals surface area contributed by atoms with E-state index in [1.54, 1.807) is 11.0 Å². The average molecular weight is 489 g/mol. The minimum absolute atomic E-state index is 0.000377. The third-order valence-corrected chi connectivity index (χ3v) is 8.23. The first-order valence-corrected chi connectivity index (χ1v) is 12.9. The molecule has 0 saturated carbocycles. The molecule has 2 heterocycles. The van der Waals surface area contributed by atoms with Crippen LogP contribution in [0.2, 0.25) is 0 Å². The molecule has 0 unspecified atom stereocenters. The van der Waals surface area contributed by atoms with Crippen LogP contribution < -0.4 is 5.32 Å². The number of piperazine rings is 1. The number of benzene rings is 2. The van der Waals surface area contributed by atoms with E-state index in [4.69, 9.17) is 0 Å². The number of aryl methyl sites for hydroxylation is 1. The maximum Gasteiger partial charge on any atom is 0.256 e. The normalized spacial score (nSPS) is 17.1. The van der Waals surface area contributed by atoms with Gasteiger partial charge < -0.3 is 15.1 Å². The standard InChI is InChI=1S/C24H29FN4O4S/c1-18-6-4-9-21(23(18)24(31)28-10-2-3-11-28)26-17-22(30)27-12-14-29(15-13-27)34(32,33)20-8-5-7-19(25)16-20/h4-9,16,26H,2-3,10-15,17H2,1H3. The van der Waals surface area contributed by atoms with E-state index in [9.17, 15) is 22.4 Å². The Kier molecular flexibility index (Phi) is 7.18. The number of nitrogens with one attached hydrogen (secondary N) is 1. The molecule has 0 aliphatic carbocycles. The molecule has 182 valence electrons. The summed E-state index contributed by atoms with van der Waals surface area (Å²) in [6.07, 6.45) is 2.00. The van der Waals surface area contributed by atoms with Gasteiger partial charge in [-0.3, -0.25) is 9.59 Å². The maximum atomic E-state index is 13.5. The topological polar surface area (TPSA) is 90.0 Å². The summed E-state index contributed by atoms with van der Waals surface area (Å²) in [7, 11) is -3.82. The highest BCUT2D eigenvalue weighted by Gasteiger charge is 2.30. The Bertz CT molecular complexity index is 1170. The molecule has 2 fully saturated rings. The van der Waals surface area contributed by atoms with E-state index >= 15 is 0 Å². The number of carbonyl (C=O) groups is 2. The van der Waals surface area contributed by atoms with Crippen LogP contribution in [-0.4, -0.2) is 80.2 Å². The zero-order chi connectivity index (χ0) is 24.3. The first-order chi connectivity index (χ1) is 16.3. The van der Waals surface area contributed by atoms with Crippen LogP contribution in [0.4, 0.5) is 10.1 Å². The van der Waals surface area contributed by atoms with Crippen molar-refractivity contribution in [3.8, 4) is 0 Å². The molecule has 8 nitrogen and oxygen atoms in total. The molecule has 0 spiro atoms. The zero-order valence-electron chi connectivity index (χ0n) is 19.2. The largest absolute Gasteiger partial charge is 0.375 e. The molecular weight excluding hydrogens is 459 g/mol. The Morgan fingerprint density at radius 1 is 0.941 bits per heavy atom. The van der Waals surface area contributed by atoms with E-state index in [1.165, 1.54) is 22.5 Å². The molecule has 0 aromatic heterocycles. The Hall–Kier alpha value is -2.98. The van der Waals surface area contributed by atoms with Gasteiger partial charge in [-0.15, -0.1) is 0 Å². The third-order valence-electron chi connectivity index (χ3n) is 6.34. The highest BCUT2D eigenvalue weighted by atomic mass is 32.2. The number of carbonyl (C=O) groups excluding carboxylic acids is 2. The lowest BCUT2D eigenvalue weighted by molar-refractivity contribution is -0.130.